The molecule has 0 radical (unpaired) electrons. The predicted molar refractivity (Wildman–Crippen MR) is 102 cm³/mol. The quantitative estimate of drug-likeness (QED) is 0.596. The molecular weight excluding hydrogens is 350 g/mol. The first-order chi connectivity index (χ1) is 12.9. The number of H-pyrrole nitrogens is 1. The van der Waals surface area contributed by atoms with E-state index in [9.17, 15) is 13.6 Å². The van der Waals surface area contributed by atoms with Crippen LogP contribution in [0.5, 0.6) is 0 Å². The monoisotopic (exact) mass is 370 g/mol. The predicted octanol–water partition coefficient (Wildman–Crippen LogP) is 3.93. The first kappa shape index (κ1) is 18.8. The summed E-state index contributed by atoms with van der Waals surface area (Å²) in [5.41, 5.74) is 2.97. The number of rotatable bonds is 5. The van der Waals surface area contributed by atoms with Gasteiger partial charge in [0.05, 0.1) is 17.8 Å². The van der Waals surface area contributed by atoms with Crippen LogP contribution in [0.2, 0.25) is 0 Å². The molecular formula is C21H20F2N2O2. The van der Waals surface area contributed by atoms with Crippen molar-refractivity contribution in [2.24, 2.45) is 0 Å². The molecule has 2 aromatic carbocycles. The standard InChI is InChI=1S/C21H20F2N2O2/c1-12-9-17-16(7-8-19(27)24-13(2)11-26)20(25-21(17)18(23)10-12)14-3-5-15(22)6-4-14/h3-10,13,25-26H,11H2,1-2H3,(H,24,27)/t13-/m1/s1. The van der Waals surface area contributed by atoms with E-state index in [0.29, 0.717) is 27.7 Å². The van der Waals surface area contributed by atoms with Gasteiger partial charge >= 0.3 is 0 Å². The average molecular weight is 370 g/mol. The summed E-state index contributed by atoms with van der Waals surface area (Å²) in [6, 6.07) is 8.72. The smallest absolute Gasteiger partial charge is 0.244 e. The molecule has 0 aliphatic heterocycles. The van der Waals surface area contributed by atoms with Gasteiger partial charge in [-0.15, -0.1) is 0 Å². The fraction of sp³-hybridized carbons (Fsp3) is 0.190. The maximum Gasteiger partial charge on any atom is 0.244 e. The molecule has 3 aromatic rings. The summed E-state index contributed by atoms with van der Waals surface area (Å²) in [7, 11) is 0. The molecule has 0 saturated carbocycles. The van der Waals surface area contributed by atoms with E-state index in [1.54, 1.807) is 32.1 Å². The molecule has 27 heavy (non-hydrogen) atoms. The Labute approximate surface area is 155 Å². The summed E-state index contributed by atoms with van der Waals surface area (Å²) in [5, 5.41) is 12.3. The number of aryl methyl sites for hydroxylation is 1. The van der Waals surface area contributed by atoms with E-state index in [4.69, 9.17) is 5.11 Å². The molecule has 3 N–H and O–H groups in total. The minimum absolute atomic E-state index is 0.169. The van der Waals surface area contributed by atoms with E-state index in [-0.39, 0.29) is 24.4 Å². The highest BCUT2D eigenvalue weighted by Crippen LogP contribution is 2.33. The van der Waals surface area contributed by atoms with Crippen molar-refractivity contribution in [1.82, 2.24) is 10.3 Å². The maximum absolute atomic E-state index is 14.4. The highest BCUT2D eigenvalue weighted by atomic mass is 19.1. The van der Waals surface area contributed by atoms with E-state index in [2.05, 4.69) is 10.3 Å². The van der Waals surface area contributed by atoms with Crippen molar-refractivity contribution in [3.05, 3.63) is 65.2 Å². The molecule has 0 unspecified atom stereocenters. The normalized spacial score (nSPS) is 12.6. The van der Waals surface area contributed by atoms with Gasteiger partial charge in [0.25, 0.3) is 0 Å². The van der Waals surface area contributed by atoms with Crippen molar-refractivity contribution in [2.45, 2.75) is 19.9 Å². The lowest BCUT2D eigenvalue weighted by Crippen LogP contribution is -2.33. The van der Waals surface area contributed by atoms with Crippen LogP contribution in [-0.2, 0) is 4.79 Å². The zero-order valence-electron chi connectivity index (χ0n) is 15.0. The second-order valence-electron chi connectivity index (χ2n) is 6.52. The number of benzene rings is 2. The second kappa shape index (κ2) is 7.72. The van der Waals surface area contributed by atoms with E-state index < -0.39 is 5.82 Å². The number of amides is 1. The average Bonchev–Trinajstić information content (AvgIpc) is 2.99. The van der Waals surface area contributed by atoms with E-state index >= 15 is 0 Å². The molecule has 140 valence electrons. The number of hydrogen-bond donors (Lipinski definition) is 3. The number of aromatic amines is 1. The van der Waals surface area contributed by atoms with E-state index in [1.165, 1.54) is 24.3 Å². The van der Waals surface area contributed by atoms with Gasteiger partial charge in [-0.1, -0.05) is 0 Å². The molecule has 1 heterocycles. The number of fused-ring (bicyclic) bond motifs is 1. The van der Waals surface area contributed by atoms with Crippen LogP contribution >= 0.6 is 0 Å². The summed E-state index contributed by atoms with van der Waals surface area (Å²) in [6.07, 6.45) is 2.93. The van der Waals surface area contributed by atoms with Crippen LogP contribution in [0, 0.1) is 18.6 Å². The third kappa shape index (κ3) is 4.06. The van der Waals surface area contributed by atoms with Crippen LogP contribution in [0.25, 0.3) is 28.2 Å². The second-order valence-corrected chi connectivity index (χ2v) is 6.52. The van der Waals surface area contributed by atoms with Gasteiger partial charge in [-0.2, -0.15) is 0 Å². The fourth-order valence-electron chi connectivity index (χ4n) is 2.92. The lowest BCUT2D eigenvalue weighted by atomic mass is 10.0. The Morgan fingerprint density at radius 2 is 1.96 bits per heavy atom. The third-order valence-corrected chi connectivity index (χ3v) is 4.24. The number of hydrogen-bond acceptors (Lipinski definition) is 2. The Morgan fingerprint density at radius 3 is 2.63 bits per heavy atom. The molecule has 0 saturated heterocycles. The minimum Gasteiger partial charge on any atom is -0.394 e. The van der Waals surface area contributed by atoms with Gasteiger partial charge in [-0.3, -0.25) is 4.79 Å². The highest BCUT2D eigenvalue weighted by Gasteiger charge is 2.15. The van der Waals surface area contributed by atoms with Crippen molar-refractivity contribution in [3.63, 3.8) is 0 Å². The van der Waals surface area contributed by atoms with Crippen LogP contribution < -0.4 is 5.32 Å². The Balaban J connectivity index is 2.11. The Morgan fingerprint density at radius 1 is 1.26 bits per heavy atom. The molecule has 1 aromatic heterocycles. The molecule has 0 aliphatic rings. The highest BCUT2D eigenvalue weighted by molar-refractivity contribution is 6.01. The minimum atomic E-state index is -0.397. The van der Waals surface area contributed by atoms with Gasteiger partial charge in [0, 0.05) is 23.1 Å². The number of aliphatic hydroxyl groups is 1. The van der Waals surface area contributed by atoms with Crippen LogP contribution in [0.15, 0.2) is 42.5 Å². The Hall–Kier alpha value is -2.99. The van der Waals surface area contributed by atoms with Crippen molar-refractivity contribution in [2.75, 3.05) is 6.61 Å². The first-order valence-electron chi connectivity index (χ1n) is 8.56. The van der Waals surface area contributed by atoms with Gasteiger partial charge < -0.3 is 15.4 Å². The number of nitrogens with one attached hydrogen (secondary N) is 2. The molecule has 0 spiro atoms. The van der Waals surface area contributed by atoms with Crippen molar-refractivity contribution in [1.29, 1.82) is 0 Å². The zero-order chi connectivity index (χ0) is 19.6. The molecule has 0 aliphatic carbocycles. The summed E-state index contributed by atoms with van der Waals surface area (Å²) < 4.78 is 27.7. The number of aromatic nitrogens is 1. The first-order valence-corrected chi connectivity index (χ1v) is 8.56. The molecule has 0 fully saturated rings. The summed E-state index contributed by atoms with van der Waals surface area (Å²) >= 11 is 0. The van der Waals surface area contributed by atoms with Crippen molar-refractivity contribution < 1.29 is 18.7 Å². The lowest BCUT2D eigenvalue weighted by molar-refractivity contribution is -0.117. The number of aliphatic hydroxyl groups excluding tert-OH is 1. The van der Waals surface area contributed by atoms with Gasteiger partial charge in [0.15, 0.2) is 0 Å². The van der Waals surface area contributed by atoms with Gasteiger partial charge in [-0.05, 0) is 67.4 Å². The molecule has 6 heteroatoms. The van der Waals surface area contributed by atoms with Crippen molar-refractivity contribution >= 4 is 22.9 Å². The maximum atomic E-state index is 14.4. The van der Waals surface area contributed by atoms with E-state index in [0.717, 1.165) is 5.56 Å². The van der Waals surface area contributed by atoms with Crippen LogP contribution in [0.3, 0.4) is 0 Å². The largest absolute Gasteiger partial charge is 0.394 e. The number of carbonyl (C=O) groups is 1. The van der Waals surface area contributed by atoms with Crippen molar-refractivity contribution in [3.8, 4) is 11.3 Å². The number of carbonyl (C=O) groups excluding carboxylic acids is 1. The summed E-state index contributed by atoms with van der Waals surface area (Å²) in [5.74, 6) is -1.14. The van der Waals surface area contributed by atoms with Crippen LogP contribution in [-0.4, -0.2) is 28.6 Å². The van der Waals surface area contributed by atoms with Gasteiger partial charge in [0.1, 0.15) is 11.6 Å². The molecule has 0 bridgehead atoms. The van der Waals surface area contributed by atoms with Gasteiger partial charge in [0.2, 0.25) is 5.91 Å². The molecule has 4 nitrogen and oxygen atoms in total. The summed E-state index contributed by atoms with van der Waals surface area (Å²) in [4.78, 5) is 15.1. The lowest BCUT2D eigenvalue weighted by Gasteiger charge is -2.08. The Kier molecular flexibility index (Phi) is 5.37. The van der Waals surface area contributed by atoms with E-state index in [1.807, 2.05) is 6.07 Å². The topological polar surface area (TPSA) is 65.1 Å². The third-order valence-electron chi connectivity index (χ3n) is 4.24. The SMILES string of the molecule is Cc1cc(F)c2[nH]c(-c3ccc(F)cc3)c(C=CC(=O)N[C@H](C)CO)c2c1. The van der Waals surface area contributed by atoms with Crippen LogP contribution in [0.1, 0.15) is 18.1 Å². The molecule has 1 amide bonds. The fourth-order valence-corrected chi connectivity index (χ4v) is 2.92. The Bertz CT molecular complexity index is 1010. The van der Waals surface area contributed by atoms with Gasteiger partial charge in [-0.25, -0.2) is 8.78 Å². The number of halogens is 2. The summed E-state index contributed by atoms with van der Waals surface area (Å²) in [6.45, 7) is 3.30. The molecule has 1 atom stereocenters. The zero-order valence-corrected chi connectivity index (χ0v) is 15.0. The molecule has 3 rings (SSSR count). The van der Waals surface area contributed by atoms with Crippen LogP contribution in [0.4, 0.5) is 8.78 Å².